The molecule has 5 atom stereocenters. The minimum absolute atomic E-state index is 0.157. The van der Waals surface area contributed by atoms with E-state index >= 15 is 0 Å². The van der Waals surface area contributed by atoms with Gasteiger partial charge in [-0.3, -0.25) is 0 Å². The third-order valence-electron chi connectivity index (χ3n) is 8.47. The molecule has 4 heteroatoms. The average Bonchev–Trinajstić information content (AvgIpc) is 3.01. The summed E-state index contributed by atoms with van der Waals surface area (Å²) in [6.07, 6.45) is 13.4. The van der Waals surface area contributed by atoms with Gasteiger partial charge in [0.15, 0.2) is 0 Å². The van der Waals surface area contributed by atoms with Crippen LogP contribution in [0.3, 0.4) is 0 Å². The monoisotopic (exact) mass is 399 g/mol. The number of esters is 1. The third-order valence-corrected chi connectivity index (χ3v) is 8.47. The maximum absolute atomic E-state index is 12.6. The largest absolute Gasteiger partial charge is 0.415 e. The van der Waals surface area contributed by atoms with E-state index in [1.165, 1.54) is 37.7 Å². The van der Waals surface area contributed by atoms with Gasteiger partial charge >= 0.3 is 12.1 Å². The van der Waals surface area contributed by atoms with E-state index in [1.54, 1.807) is 0 Å². The number of ether oxygens (including phenoxy) is 1. The van der Waals surface area contributed by atoms with Gasteiger partial charge in [-0.25, -0.2) is 9.59 Å². The lowest BCUT2D eigenvalue weighted by molar-refractivity contribution is -0.133. The van der Waals surface area contributed by atoms with Crippen molar-refractivity contribution in [1.82, 2.24) is 5.32 Å². The first-order valence-corrected chi connectivity index (χ1v) is 11.5. The van der Waals surface area contributed by atoms with E-state index in [9.17, 15) is 9.59 Å². The number of hydrogen-bond donors (Lipinski definition) is 1. The molecule has 4 nitrogen and oxygen atoms in total. The molecule has 160 valence electrons. The molecule has 29 heavy (non-hydrogen) atoms. The quantitative estimate of drug-likeness (QED) is 0.439. The minimum Gasteiger partial charge on any atom is -0.373 e. The van der Waals surface area contributed by atoms with Gasteiger partial charge in [0.05, 0.1) is 0 Å². The van der Waals surface area contributed by atoms with Crippen molar-refractivity contribution in [2.45, 2.75) is 91.5 Å². The Morgan fingerprint density at radius 3 is 2.59 bits per heavy atom. The van der Waals surface area contributed by atoms with Crippen LogP contribution in [0, 0.1) is 28.6 Å². The Morgan fingerprint density at radius 1 is 1.10 bits per heavy atom. The highest BCUT2D eigenvalue weighted by atomic mass is 16.6. The van der Waals surface area contributed by atoms with Crippen molar-refractivity contribution < 1.29 is 14.3 Å². The fourth-order valence-electron chi connectivity index (χ4n) is 6.96. The van der Waals surface area contributed by atoms with Crippen LogP contribution in [0.1, 0.15) is 86.0 Å². The summed E-state index contributed by atoms with van der Waals surface area (Å²) < 4.78 is 5.07. The van der Waals surface area contributed by atoms with Gasteiger partial charge in [0.1, 0.15) is 0 Å². The molecule has 1 N–H and O–H groups in total. The maximum atomic E-state index is 12.6. The van der Waals surface area contributed by atoms with Crippen LogP contribution < -0.4 is 5.32 Å². The Kier molecular flexibility index (Phi) is 4.99. The van der Waals surface area contributed by atoms with Crippen molar-refractivity contribution in [3.63, 3.8) is 0 Å². The van der Waals surface area contributed by atoms with Gasteiger partial charge < -0.3 is 10.1 Å². The van der Waals surface area contributed by atoms with Gasteiger partial charge in [0.2, 0.25) is 0 Å². The van der Waals surface area contributed by atoms with Crippen molar-refractivity contribution in [2.75, 3.05) is 0 Å². The zero-order chi connectivity index (χ0) is 21.0. The molecule has 0 bridgehead atoms. The fraction of sp³-hybridized carbons (Fsp3) is 0.760. The van der Waals surface area contributed by atoms with Crippen LogP contribution in [0.25, 0.3) is 0 Å². The van der Waals surface area contributed by atoms with Crippen LogP contribution >= 0.6 is 0 Å². The lowest BCUT2D eigenvalue weighted by Gasteiger charge is -2.56. The number of allylic oxidation sites excluding steroid dienone is 3. The molecule has 0 heterocycles. The topological polar surface area (TPSA) is 55.4 Å². The number of hydrogen-bond acceptors (Lipinski definition) is 3. The molecule has 0 unspecified atom stereocenters. The SMILES string of the molecule is CC(C)(C)NC(=O)OC(=O)C1=CC2=CC[C@H]3[C@@H]4CCC[C@@]4(C)CC[C@@H]3[C@@]2(C)CC1. The standard InChI is InChI=1S/C25H37NO3/c1-23(2,3)26-22(28)29-21(27)16-10-14-25(5)17(15-16)8-9-18-19-7-6-12-24(19,4)13-11-20(18)25/h8,15,18-20H,6-7,9-14H2,1-5H3,(H,26,28)/t18-,19-,20-,24-,25-/m0/s1. The molecular weight excluding hydrogens is 362 g/mol. The Balaban J connectivity index is 1.51. The summed E-state index contributed by atoms with van der Waals surface area (Å²) in [7, 11) is 0. The van der Waals surface area contributed by atoms with Crippen LogP contribution in [0.4, 0.5) is 4.79 Å². The fourth-order valence-corrected chi connectivity index (χ4v) is 6.96. The highest BCUT2D eigenvalue weighted by Crippen LogP contribution is 2.64. The second kappa shape index (κ2) is 6.99. The zero-order valence-corrected chi connectivity index (χ0v) is 18.8. The first-order chi connectivity index (χ1) is 13.5. The molecule has 2 saturated carbocycles. The number of rotatable bonds is 1. The molecule has 4 rings (SSSR count). The first-order valence-electron chi connectivity index (χ1n) is 11.5. The summed E-state index contributed by atoms with van der Waals surface area (Å²) in [4.78, 5) is 24.6. The molecule has 0 aromatic rings. The van der Waals surface area contributed by atoms with E-state index in [0.717, 1.165) is 30.6 Å². The molecule has 0 saturated heterocycles. The number of fused-ring (bicyclic) bond motifs is 5. The van der Waals surface area contributed by atoms with Gasteiger partial charge in [-0.1, -0.05) is 26.3 Å². The lowest BCUT2D eigenvalue weighted by Crippen LogP contribution is -2.48. The van der Waals surface area contributed by atoms with Gasteiger partial charge in [-0.2, -0.15) is 0 Å². The molecule has 2 fully saturated rings. The normalized spacial score (nSPS) is 38.7. The summed E-state index contributed by atoms with van der Waals surface area (Å²) in [6.45, 7) is 10.5. The van der Waals surface area contributed by atoms with Crippen molar-refractivity contribution in [1.29, 1.82) is 0 Å². The highest BCUT2D eigenvalue weighted by molar-refractivity contribution is 5.96. The molecule has 0 aliphatic heterocycles. The van der Waals surface area contributed by atoms with E-state index in [2.05, 4.69) is 25.2 Å². The Labute approximate surface area is 175 Å². The summed E-state index contributed by atoms with van der Waals surface area (Å²) in [6, 6.07) is 0. The molecule has 4 aliphatic carbocycles. The predicted molar refractivity (Wildman–Crippen MR) is 114 cm³/mol. The van der Waals surface area contributed by atoms with Gasteiger partial charge in [-0.15, -0.1) is 0 Å². The molecular formula is C25H37NO3. The van der Waals surface area contributed by atoms with Crippen molar-refractivity contribution in [3.05, 3.63) is 23.3 Å². The smallest absolute Gasteiger partial charge is 0.373 e. The Morgan fingerprint density at radius 2 is 1.86 bits per heavy atom. The van der Waals surface area contributed by atoms with Crippen molar-refractivity contribution >= 4 is 12.1 Å². The second-order valence-electron chi connectivity index (χ2n) is 11.5. The van der Waals surface area contributed by atoms with Gasteiger partial charge in [0.25, 0.3) is 0 Å². The number of carbonyl (C=O) groups is 2. The summed E-state index contributed by atoms with van der Waals surface area (Å²) in [5, 5.41) is 2.69. The number of alkyl carbamates (subject to hydrolysis) is 1. The minimum atomic E-state index is -0.665. The van der Waals surface area contributed by atoms with Crippen LogP contribution in [0.5, 0.6) is 0 Å². The predicted octanol–water partition coefficient (Wildman–Crippen LogP) is 5.93. The summed E-state index contributed by atoms with van der Waals surface area (Å²) in [5.41, 5.74) is 2.23. The van der Waals surface area contributed by atoms with E-state index < -0.39 is 17.6 Å². The van der Waals surface area contributed by atoms with E-state index in [4.69, 9.17) is 4.74 Å². The van der Waals surface area contributed by atoms with E-state index in [0.29, 0.717) is 17.4 Å². The summed E-state index contributed by atoms with van der Waals surface area (Å²) >= 11 is 0. The molecule has 0 aromatic carbocycles. The molecule has 1 amide bonds. The molecule has 0 spiro atoms. The molecule has 0 aromatic heterocycles. The lowest BCUT2D eigenvalue weighted by atomic mass is 9.48. The molecule has 4 aliphatic rings. The maximum Gasteiger partial charge on any atom is 0.415 e. The van der Waals surface area contributed by atoms with Crippen LogP contribution in [-0.2, 0) is 9.53 Å². The Hall–Kier alpha value is -1.58. The van der Waals surface area contributed by atoms with Crippen molar-refractivity contribution in [2.24, 2.45) is 28.6 Å². The zero-order valence-electron chi connectivity index (χ0n) is 18.8. The van der Waals surface area contributed by atoms with Crippen LogP contribution in [0.15, 0.2) is 23.3 Å². The number of carbonyl (C=O) groups excluding carboxylic acids is 2. The van der Waals surface area contributed by atoms with Crippen LogP contribution in [-0.4, -0.2) is 17.6 Å². The third kappa shape index (κ3) is 3.68. The van der Waals surface area contributed by atoms with Crippen molar-refractivity contribution in [3.8, 4) is 0 Å². The van der Waals surface area contributed by atoms with Gasteiger partial charge in [0, 0.05) is 11.1 Å². The van der Waals surface area contributed by atoms with Crippen LogP contribution in [0.2, 0.25) is 0 Å². The second-order valence-corrected chi connectivity index (χ2v) is 11.5. The number of amides is 1. The Bertz CT molecular complexity index is 773. The molecule has 0 radical (unpaired) electrons. The van der Waals surface area contributed by atoms with E-state index in [1.807, 2.05) is 26.8 Å². The van der Waals surface area contributed by atoms with E-state index in [-0.39, 0.29) is 5.41 Å². The first kappa shape index (κ1) is 20.7. The average molecular weight is 400 g/mol. The highest BCUT2D eigenvalue weighted by Gasteiger charge is 2.55. The summed E-state index contributed by atoms with van der Waals surface area (Å²) in [5.74, 6) is 1.89. The van der Waals surface area contributed by atoms with Gasteiger partial charge in [-0.05, 0) is 106 Å². The number of nitrogens with one attached hydrogen (secondary N) is 1.